The summed E-state index contributed by atoms with van der Waals surface area (Å²) in [5.74, 6) is -1.71. The number of carbonyl (C=O) groups is 2. The number of piperazine rings is 1. The van der Waals surface area contributed by atoms with Crippen LogP contribution in [-0.4, -0.2) is 67.1 Å². The Bertz CT molecular complexity index is 578. The largest absolute Gasteiger partial charge is 0.358 e. The first-order valence-electron chi connectivity index (χ1n) is 7.28. The van der Waals surface area contributed by atoms with E-state index in [0.29, 0.717) is 37.6 Å². The van der Waals surface area contributed by atoms with Crippen LogP contribution >= 0.6 is 11.8 Å². The lowest BCUT2D eigenvalue weighted by atomic mass is 10.3. The van der Waals surface area contributed by atoms with E-state index in [4.69, 9.17) is 0 Å². The molecule has 0 atom stereocenters. The zero-order valence-corrected chi connectivity index (χ0v) is 13.7. The first-order valence-corrected chi connectivity index (χ1v) is 8.26. The van der Waals surface area contributed by atoms with E-state index in [2.05, 4.69) is 5.32 Å². The van der Waals surface area contributed by atoms with Gasteiger partial charge in [-0.25, -0.2) is 8.78 Å². The topological polar surface area (TPSA) is 52.7 Å². The highest BCUT2D eigenvalue weighted by Gasteiger charge is 2.22. The summed E-state index contributed by atoms with van der Waals surface area (Å²) in [7, 11) is 1.59. The number of rotatable bonds is 5. The van der Waals surface area contributed by atoms with Crippen molar-refractivity contribution in [2.24, 2.45) is 0 Å². The Hall–Kier alpha value is -1.67. The van der Waals surface area contributed by atoms with Crippen molar-refractivity contribution in [3.8, 4) is 0 Å². The summed E-state index contributed by atoms with van der Waals surface area (Å²) in [6.45, 7) is 2.76. The van der Waals surface area contributed by atoms with Crippen LogP contribution in [-0.2, 0) is 9.59 Å². The normalized spacial score (nSPS) is 15.5. The third-order valence-corrected chi connectivity index (χ3v) is 4.60. The van der Waals surface area contributed by atoms with E-state index in [1.165, 1.54) is 17.8 Å². The second kappa shape index (κ2) is 8.26. The van der Waals surface area contributed by atoms with Crippen molar-refractivity contribution in [2.45, 2.75) is 4.90 Å². The van der Waals surface area contributed by atoms with Crippen molar-refractivity contribution >= 4 is 23.6 Å². The molecule has 0 spiro atoms. The summed E-state index contributed by atoms with van der Waals surface area (Å²) in [5, 5.41) is 2.57. The minimum absolute atomic E-state index is 0.0423. The zero-order valence-electron chi connectivity index (χ0n) is 12.8. The third-order valence-electron chi connectivity index (χ3n) is 3.62. The fourth-order valence-corrected chi connectivity index (χ4v) is 3.06. The fraction of sp³-hybridized carbons (Fsp3) is 0.467. The second-order valence-corrected chi connectivity index (χ2v) is 6.24. The summed E-state index contributed by atoms with van der Waals surface area (Å²) in [6, 6.07) is 3.60. The van der Waals surface area contributed by atoms with Gasteiger partial charge in [0.1, 0.15) is 0 Å². The molecule has 0 aliphatic carbocycles. The zero-order chi connectivity index (χ0) is 16.8. The van der Waals surface area contributed by atoms with E-state index in [0.717, 1.165) is 12.1 Å². The van der Waals surface area contributed by atoms with E-state index in [1.807, 2.05) is 4.90 Å². The molecule has 0 aromatic heterocycles. The first-order chi connectivity index (χ1) is 11.0. The molecular weight excluding hydrogens is 324 g/mol. The minimum Gasteiger partial charge on any atom is -0.358 e. The Morgan fingerprint density at radius 1 is 1.17 bits per heavy atom. The summed E-state index contributed by atoms with van der Waals surface area (Å²) in [4.78, 5) is 27.7. The maximum absolute atomic E-state index is 13.1. The first kappa shape index (κ1) is 17.7. The number of nitrogens with zero attached hydrogens (tertiary/aromatic N) is 2. The molecule has 1 heterocycles. The molecular formula is C15H19F2N3O2S. The Morgan fingerprint density at radius 3 is 2.48 bits per heavy atom. The van der Waals surface area contributed by atoms with Gasteiger partial charge in [0.05, 0.1) is 12.3 Å². The van der Waals surface area contributed by atoms with Crippen LogP contribution in [0.4, 0.5) is 8.78 Å². The molecule has 1 fully saturated rings. The van der Waals surface area contributed by atoms with E-state index in [9.17, 15) is 18.4 Å². The average Bonchev–Trinajstić information content (AvgIpc) is 2.56. The summed E-state index contributed by atoms with van der Waals surface area (Å²) >= 11 is 1.18. The third kappa shape index (κ3) is 5.18. The van der Waals surface area contributed by atoms with Gasteiger partial charge >= 0.3 is 0 Å². The van der Waals surface area contributed by atoms with Gasteiger partial charge in [0.25, 0.3) is 0 Å². The monoisotopic (exact) mass is 343 g/mol. The van der Waals surface area contributed by atoms with E-state index < -0.39 is 11.6 Å². The Kier molecular flexibility index (Phi) is 6.35. The molecule has 0 unspecified atom stereocenters. The van der Waals surface area contributed by atoms with Gasteiger partial charge in [-0.15, -0.1) is 11.8 Å². The van der Waals surface area contributed by atoms with Gasteiger partial charge in [-0.05, 0) is 18.2 Å². The Morgan fingerprint density at radius 2 is 1.87 bits per heavy atom. The maximum atomic E-state index is 13.1. The highest BCUT2D eigenvalue weighted by atomic mass is 32.2. The van der Waals surface area contributed by atoms with Gasteiger partial charge < -0.3 is 10.2 Å². The molecule has 0 bridgehead atoms. The number of benzene rings is 1. The van der Waals surface area contributed by atoms with Crippen molar-refractivity contribution in [2.75, 3.05) is 45.5 Å². The number of likely N-dealkylation sites (N-methyl/N-ethyl adjacent to an activating group) is 1. The molecule has 126 valence electrons. The summed E-state index contributed by atoms with van der Waals surface area (Å²) < 4.78 is 26.0. The fourth-order valence-electron chi connectivity index (χ4n) is 2.24. The van der Waals surface area contributed by atoms with Crippen LogP contribution in [0, 0.1) is 11.6 Å². The van der Waals surface area contributed by atoms with E-state index in [1.54, 1.807) is 11.9 Å². The van der Waals surface area contributed by atoms with E-state index >= 15 is 0 Å². The van der Waals surface area contributed by atoms with Crippen LogP contribution < -0.4 is 5.32 Å². The standard InChI is InChI=1S/C15H19F2N3O2S/c1-18-14(21)9-19-4-6-20(7-5-19)15(22)10-23-11-2-3-12(16)13(17)8-11/h2-3,8H,4-7,9-10H2,1H3,(H,18,21). The van der Waals surface area contributed by atoms with Crippen LogP contribution in [0.3, 0.4) is 0 Å². The van der Waals surface area contributed by atoms with Gasteiger partial charge in [-0.2, -0.15) is 0 Å². The summed E-state index contributed by atoms with van der Waals surface area (Å²) in [6.07, 6.45) is 0. The molecule has 1 aliphatic rings. The highest BCUT2D eigenvalue weighted by molar-refractivity contribution is 8.00. The van der Waals surface area contributed by atoms with Crippen LogP contribution in [0.1, 0.15) is 0 Å². The van der Waals surface area contributed by atoms with Crippen LogP contribution in [0.5, 0.6) is 0 Å². The lowest BCUT2D eigenvalue weighted by Crippen LogP contribution is -2.51. The van der Waals surface area contributed by atoms with Gasteiger partial charge in [0.2, 0.25) is 11.8 Å². The SMILES string of the molecule is CNC(=O)CN1CCN(C(=O)CSc2ccc(F)c(F)c2)CC1. The molecule has 8 heteroatoms. The molecule has 2 amide bonds. The lowest BCUT2D eigenvalue weighted by molar-refractivity contribution is -0.130. The van der Waals surface area contributed by atoms with Crippen molar-refractivity contribution in [3.05, 3.63) is 29.8 Å². The smallest absolute Gasteiger partial charge is 0.233 e. The van der Waals surface area contributed by atoms with E-state index in [-0.39, 0.29) is 17.6 Å². The van der Waals surface area contributed by atoms with Gasteiger partial charge in [-0.3, -0.25) is 14.5 Å². The summed E-state index contributed by atoms with van der Waals surface area (Å²) in [5.41, 5.74) is 0. The molecule has 1 aromatic rings. The van der Waals surface area contributed by atoms with Crippen molar-refractivity contribution in [3.63, 3.8) is 0 Å². The van der Waals surface area contributed by atoms with Crippen molar-refractivity contribution < 1.29 is 18.4 Å². The maximum Gasteiger partial charge on any atom is 0.233 e. The molecule has 2 rings (SSSR count). The number of nitrogens with one attached hydrogen (secondary N) is 1. The number of hydrogen-bond acceptors (Lipinski definition) is 4. The molecule has 1 N–H and O–H groups in total. The Labute approximate surface area is 138 Å². The quantitative estimate of drug-likeness (QED) is 0.809. The predicted octanol–water partition coefficient (Wildman–Crippen LogP) is 0.947. The van der Waals surface area contributed by atoms with Gasteiger partial charge in [0, 0.05) is 38.1 Å². The number of carbonyl (C=O) groups excluding carboxylic acids is 2. The average molecular weight is 343 g/mol. The number of amides is 2. The molecule has 5 nitrogen and oxygen atoms in total. The highest BCUT2D eigenvalue weighted by Crippen LogP contribution is 2.21. The molecule has 1 saturated heterocycles. The van der Waals surface area contributed by atoms with Crippen LogP contribution in [0.15, 0.2) is 23.1 Å². The minimum atomic E-state index is -0.912. The van der Waals surface area contributed by atoms with Crippen LogP contribution in [0.2, 0.25) is 0 Å². The Balaban J connectivity index is 1.76. The number of thioether (sulfide) groups is 1. The second-order valence-electron chi connectivity index (χ2n) is 5.19. The van der Waals surface area contributed by atoms with Crippen molar-refractivity contribution in [1.82, 2.24) is 15.1 Å². The van der Waals surface area contributed by atoms with Crippen molar-refractivity contribution in [1.29, 1.82) is 0 Å². The molecule has 0 radical (unpaired) electrons. The molecule has 23 heavy (non-hydrogen) atoms. The number of hydrogen-bond donors (Lipinski definition) is 1. The van der Waals surface area contributed by atoms with Crippen LogP contribution in [0.25, 0.3) is 0 Å². The van der Waals surface area contributed by atoms with Gasteiger partial charge in [-0.1, -0.05) is 0 Å². The predicted molar refractivity (Wildman–Crippen MR) is 84.2 cm³/mol. The molecule has 1 aromatic carbocycles. The molecule has 1 aliphatic heterocycles. The van der Waals surface area contributed by atoms with Gasteiger partial charge in [0.15, 0.2) is 11.6 Å². The lowest BCUT2D eigenvalue weighted by Gasteiger charge is -2.34. The number of halogens is 2. The molecule has 0 saturated carbocycles.